The molecule has 2 rings (SSSR count). The molecule has 20 heavy (non-hydrogen) atoms. The Morgan fingerprint density at radius 1 is 1.45 bits per heavy atom. The molecule has 1 aromatic rings. The maximum absolute atomic E-state index is 12.0. The van der Waals surface area contributed by atoms with E-state index in [-0.39, 0.29) is 5.91 Å². The second-order valence-electron chi connectivity index (χ2n) is 4.64. The number of nitrogens with two attached hydrogens (primary N) is 1. The Bertz CT molecular complexity index is 462. The lowest BCUT2D eigenvalue weighted by Gasteiger charge is -2.27. The van der Waals surface area contributed by atoms with E-state index in [0.717, 1.165) is 42.6 Å². The predicted octanol–water partition coefficient (Wildman–Crippen LogP) is 1.19. The summed E-state index contributed by atoms with van der Waals surface area (Å²) in [5, 5.41) is 3.24. The van der Waals surface area contributed by atoms with Gasteiger partial charge in [0, 0.05) is 55.0 Å². The van der Waals surface area contributed by atoms with E-state index in [1.54, 1.807) is 24.9 Å². The van der Waals surface area contributed by atoms with Crippen molar-refractivity contribution >= 4 is 23.4 Å². The Kier molecular flexibility index (Phi) is 5.55. The normalized spacial score (nSPS) is 15.2. The van der Waals surface area contributed by atoms with Crippen LogP contribution >= 0.6 is 11.8 Å². The van der Waals surface area contributed by atoms with E-state index in [0.29, 0.717) is 12.1 Å². The molecule has 0 atom stereocenters. The predicted molar refractivity (Wildman–Crippen MR) is 82.2 cm³/mol. The minimum atomic E-state index is 0.230. The van der Waals surface area contributed by atoms with E-state index in [1.165, 1.54) is 0 Å². The minimum absolute atomic E-state index is 0.230. The molecular formula is C14H21N3O2S. The number of anilines is 1. The number of carbonyl (C=O) groups excluding carboxylic acids is 1. The van der Waals surface area contributed by atoms with Gasteiger partial charge in [0.05, 0.1) is 7.11 Å². The molecule has 1 fully saturated rings. The summed E-state index contributed by atoms with van der Waals surface area (Å²) in [5.41, 5.74) is 6.40. The van der Waals surface area contributed by atoms with Gasteiger partial charge in [-0.05, 0) is 12.1 Å². The fraction of sp³-hybridized carbons (Fsp3) is 0.500. The van der Waals surface area contributed by atoms with Crippen molar-refractivity contribution < 1.29 is 9.53 Å². The molecule has 0 aliphatic carbocycles. The molecule has 1 amide bonds. The topological polar surface area (TPSA) is 67.6 Å². The average Bonchev–Trinajstić information content (AvgIpc) is 2.49. The van der Waals surface area contributed by atoms with Crippen LogP contribution in [0, 0.1) is 0 Å². The van der Waals surface area contributed by atoms with Crippen molar-refractivity contribution in [3.8, 4) is 5.75 Å². The number of rotatable bonds is 5. The summed E-state index contributed by atoms with van der Waals surface area (Å²) in [5.74, 6) is 1.75. The quantitative estimate of drug-likeness (QED) is 0.631. The van der Waals surface area contributed by atoms with Gasteiger partial charge in [-0.2, -0.15) is 0 Å². The summed E-state index contributed by atoms with van der Waals surface area (Å²) in [7, 11) is 1.63. The van der Waals surface area contributed by atoms with Gasteiger partial charge in [-0.15, -0.1) is 11.8 Å². The standard InChI is InChI=1S/C14H21N3O2S/c1-19-12-10-11(15)2-3-13(12)20-9-4-14(18)17-7-5-16-6-8-17/h2-3,10,16H,4-9,15H2,1H3. The van der Waals surface area contributed by atoms with Gasteiger partial charge >= 0.3 is 0 Å². The van der Waals surface area contributed by atoms with Crippen LogP contribution in [0.1, 0.15) is 6.42 Å². The van der Waals surface area contributed by atoms with Gasteiger partial charge in [0.1, 0.15) is 5.75 Å². The number of nitrogen functional groups attached to an aromatic ring is 1. The summed E-state index contributed by atoms with van der Waals surface area (Å²) in [4.78, 5) is 15.0. The smallest absolute Gasteiger partial charge is 0.223 e. The van der Waals surface area contributed by atoms with E-state index >= 15 is 0 Å². The third-order valence-corrected chi connectivity index (χ3v) is 4.29. The van der Waals surface area contributed by atoms with Gasteiger partial charge in [0.15, 0.2) is 0 Å². The summed E-state index contributed by atoms with van der Waals surface area (Å²) >= 11 is 1.63. The SMILES string of the molecule is COc1cc(N)ccc1SCCC(=O)N1CCNCC1. The van der Waals surface area contributed by atoms with Crippen molar-refractivity contribution in [2.24, 2.45) is 0 Å². The fourth-order valence-corrected chi connectivity index (χ4v) is 3.07. The highest BCUT2D eigenvalue weighted by atomic mass is 32.2. The van der Waals surface area contributed by atoms with Crippen molar-refractivity contribution in [3.63, 3.8) is 0 Å². The fourth-order valence-electron chi connectivity index (χ4n) is 2.12. The Labute approximate surface area is 123 Å². The van der Waals surface area contributed by atoms with Crippen LogP contribution in [-0.4, -0.2) is 49.8 Å². The molecule has 1 aromatic carbocycles. The van der Waals surface area contributed by atoms with Crippen LogP contribution in [0.3, 0.4) is 0 Å². The average molecular weight is 295 g/mol. The van der Waals surface area contributed by atoms with Gasteiger partial charge in [0.2, 0.25) is 5.91 Å². The van der Waals surface area contributed by atoms with Gasteiger partial charge in [-0.3, -0.25) is 4.79 Å². The lowest BCUT2D eigenvalue weighted by molar-refractivity contribution is -0.131. The van der Waals surface area contributed by atoms with Crippen molar-refractivity contribution in [1.82, 2.24) is 10.2 Å². The van der Waals surface area contributed by atoms with E-state index in [1.807, 2.05) is 17.0 Å². The third-order valence-electron chi connectivity index (χ3n) is 3.23. The first-order valence-electron chi connectivity index (χ1n) is 6.75. The number of benzene rings is 1. The first kappa shape index (κ1) is 15.0. The largest absolute Gasteiger partial charge is 0.496 e. The maximum Gasteiger partial charge on any atom is 0.223 e. The molecule has 3 N–H and O–H groups in total. The molecule has 1 saturated heterocycles. The van der Waals surface area contributed by atoms with E-state index < -0.39 is 0 Å². The molecule has 0 saturated carbocycles. The molecular weight excluding hydrogens is 274 g/mol. The number of thioether (sulfide) groups is 1. The molecule has 0 spiro atoms. The maximum atomic E-state index is 12.0. The number of hydrogen-bond acceptors (Lipinski definition) is 5. The monoisotopic (exact) mass is 295 g/mol. The molecule has 1 aliphatic heterocycles. The first-order chi connectivity index (χ1) is 9.70. The van der Waals surface area contributed by atoms with Gasteiger partial charge in [-0.1, -0.05) is 0 Å². The van der Waals surface area contributed by atoms with Crippen molar-refractivity contribution in [3.05, 3.63) is 18.2 Å². The molecule has 0 bridgehead atoms. The molecule has 110 valence electrons. The number of carbonyl (C=O) groups is 1. The highest BCUT2D eigenvalue weighted by molar-refractivity contribution is 7.99. The number of amides is 1. The lowest BCUT2D eigenvalue weighted by atomic mass is 10.3. The number of methoxy groups -OCH3 is 1. The molecule has 5 nitrogen and oxygen atoms in total. The highest BCUT2D eigenvalue weighted by Crippen LogP contribution is 2.31. The summed E-state index contributed by atoms with van der Waals surface area (Å²) in [6.45, 7) is 3.42. The molecule has 6 heteroatoms. The van der Waals surface area contributed by atoms with Gasteiger partial charge < -0.3 is 20.7 Å². The number of ether oxygens (including phenoxy) is 1. The summed E-state index contributed by atoms with van der Waals surface area (Å²) < 4.78 is 5.30. The first-order valence-corrected chi connectivity index (χ1v) is 7.74. The number of nitrogens with one attached hydrogen (secondary N) is 1. The molecule has 0 unspecified atom stereocenters. The van der Waals surface area contributed by atoms with Crippen LogP contribution in [0.25, 0.3) is 0 Å². The van der Waals surface area contributed by atoms with Crippen LogP contribution in [0.4, 0.5) is 5.69 Å². The zero-order chi connectivity index (χ0) is 14.4. The van der Waals surface area contributed by atoms with Crippen LogP contribution < -0.4 is 15.8 Å². The summed E-state index contributed by atoms with van der Waals surface area (Å²) in [6, 6.07) is 5.59. The summed E-state index contributed by atoms with van der Waals surface area (Å²) in [6.07, 6.45) is 0.554. The number of nitrogens with zero attached hydrogens (tertiary/aromatic N) is 1. The highest BCUT2D eigenvalue weighted by Gasteiger charge is 2.15. The minimum Gasteiger partial charge on any atom is -0.496 e. The zero-order valence-electron chi connectivity index (χ0n) is 11.7. The van der Waals surface area contributed by atoms with Crippen LogP contribution in [0.5, 0.6) is 5.75 Å². The Morgan fingerprint density at radius 2 is 2.20 bits per heavy atom. The molecule has 0 aromatic heterocycles. The van der Waals surface area contributed by atoms with Crippen LogP contribution in [0.2, 0.25) is 0 Å². The second-order valence-corrected chi connectivity index (χ2v) is 5.78. The van der Waals surface area contributed by atoms with E-state index in [9.17, 15) is 4.79 Å². The number of hydrogen-bond donors (Lipinski definition) is 2. The molecule has 1 heterocycles. The second kappa shape index (κ2) is 7.40. The lowest BCUT2D eigenvalue weighted by Crippen LogP contribution is -2.46. The van der Waals surface area contributed by atoms with Gasteiger partial charge in [0.25, 0.3) is 0 Å². The zero-order valence-corrected chi connectivity index (χ0v) is 12.5. The van der Waals surface area contributed by atoms with Crippen molar-refractivity contribution in [2.45, 2.75) is 11.3 Å². The Morgan fingerprint density at radius 3 is 2.90 bits per heavy atom. The van der Waals surface area contributed by atoms with Crippen LogP contribution in [0.15, 0.2) is 23.1 Å². The Hall–Kier alpha value is -1.40. The Balaban J connectivity index is 1.81. The van der Waals surface area contributed by atoms with Crippen LogP contribution in [-0.2, 0) is 4.79 Å². The molecule has 1 aliphatic rings. The number of piperazine rings is 1. The third kappa shape index (κ3) is 4.05. The molecule has 0 radical (unpaired) electrons. The van der Waals surface area contributed by atoms with Crippen molar-refractivity contribution in [1.29, 1.82) is 0 Å². The van der Waals surface area contributed by atoms with E-state index in [2.05, 4.69) is 5.32 Å². The van der Waals surface area contributed by atoms with Crippen molar-refractivity contribution in [2.75, 3.05) is 44.8 Å². The van der Waals surface area contributed by atoms with E-state index in [4.69, 9.17) is 10.5 Å². The van der Waals surface area contributed by atoms with Gasteiger partial charge in [-0.25, -0.2) is 0 Å².